The summed E-state index contributed by atoms with van der Waals surface area (Å²) in [4.78, 5) is 11.8. The summed E-state index contributed by atoms with van der Waals surface area (Å²) in [7, 11) is 0. The molecule has 0 unspecified atom stereocenters. The number of halogens is 3. The molecule has 0 saturated carbocycles. The fraction of sp³-hybridized carbons (Fsp3) is 0.500. The van der Waals surface area contributed by atoms with Crippen molar-refractivity contribution >= 4 is 5.91 Å². The Balaban J connectivity index is 2.68. The first kappa shape index (κ1) is 16.5. The number of aliphatic hydroxyl groups is 1. The Bertz CT molecular complexity index is 466. The van der Waals surface area contributed by atoms with Gasteiger partial charge in [0.2, 0.25) is 0 Å². The first-order valence-corrected chi connectivity index (χ1v) is 6.30. The summed E-state index contributed by atoms with van der Waals surface area (Å²) in [5.74, 6) is -5.05. The van der Waals surface area contributed by atoms with Gasteiger partial charge in [0.25, 0.3) is 5.91 Å². The van der Waals surface area contributed by atoms with E-state index in [-0.39, 0.29) is 24.1 Å². The van der Waals surface area contributed by atoms with E-state index in [1.54, 1.807) is 0 Å². The fourth-order valence-electron chi connectivity index (χ4n) is 1.75. The van der Waals surface area contributed by atoms with E-state index in [0.29, 0.717) is 25.0 Å². The molecule has 20 heavy (non-hydrogen) atoms. The monoisotopic (exact) mass is 289 g/mol. The van der Waals surface area contributed by atoms with E-state index in [4.69, 9.17) is 5.11 Å². The van der Waals surface area contributed by atoms with Gasteiger partial charge in [0.1, 0.15) is 0 Å². The molecule has 6 heteroatoms. The van der Waals surface area contributed by atoms with E-state index in [0.717, 1.165) is 0 Å². The minimum Gasteiger partial charge on any atom is -0.396 e. The van der Waals surface area contributed by atoms with Crippen LogP contribution in [-0.4, -0.2) is 24.2 Å². The van der Waals surface area contributed by atoms with Crippen LogP contribution in [0.2, 0.25) is 0 Å². The Morgan fingerprint density at radius 2 is 1.80 bits per heavy atom. The zero-order chi connectivity index (χ0) is 15.3. The highest BCUT2D eigenvalue weighted by molar-refractivity contribution is 5.94. The van der Waals surface area contributed by atoms with Gasteiger partial charge in [-0.05, 0) is 30.4 Å². The van der Waals surface area contributed by atoms with Crippen molar-refractivity contribution in [3.05, 3.63) is 35.1 Å². The maximum Gasteiger partial charge on any atom is 0.251 e. The lowest BCUT2D eigenvalue weighted by Gasteiger charge is -2.24. The van der Waals surface area contributed by atoms with Crippen LogP contribution in [0, 0.1) is 22.9 Å². The highest BCUT2D eigenvalue weighted by Crippen LogP contribution is 2.21. The normalized spacial score (nSPS) is 11.5. The minimum atomic E-state index is -1.59. The molecule has 0 heterocycles. The van der Waals surface area contributed by atoms with Crippen LogP contribution in [0.1, 0.15) is 37.0 Å². The molecule has 0 bridgehead atoms. The molecule has 1 aromatic carbocycles. The van der Waals surface area contributed by atoms with E-state index in [1.165, 1.54) is 0 Å². The number of hydrogen-bond donors (Lipinski definition) is 2. The van der Waals surface area contributed by atoms with Crippen LogP contribution in [0.3, 0.4) is 0 Å². The standard InChI is InChI=1S/C14H18F3NO2/c1-14(2,4-3-5-19)8-18-13(20)9-6-10(15)12(17)11(16)7-9/h6-7,19H,3-5,8H2,1-2H3,(H,18,20). The maximum absolute atomic E-state index is 13.0. The molecule has 0 spiro atoms. The molecule has 112 valence electrons. The second-order valence-corrected chi connectivity index (χ2v) is 5.43. The SMILES string of the molecule is CC(C)(CCCO)CNC(=O)c1cc(F)c(F)c(F)c1. The molecule has 3 nitrogen and oxygen atoms in total. The van der Waals surface area contributed by atoms with E-state index in [9.17, 15) is 18.0 Å². The van der Waals surface area contributed by atoms with Crippen molar-refractivity contribution in [3.8, 4) is 0 Å². The van der Waals surface area contributed by atoms with E-state index >= 15 is 0 Å². The van der Waals surface area contributed by atoms with Crippen molar-refractivity contribution in [1.82, 2.24) is 5.32 Å². The molecule has 0 fully saturated rings. The highest BCUT2D eigenvalue weighted by atomic mass is 19.2. The van der Waals surface area contributed by atoms with Gasteiger partial charge in [0, 0.05) is 18.7 Å². The first-order valence-electron chi connectivity index (χ1n) is 6.30. The Morgan fingerprint density at radius 3 is 2.30 bits per heavy atom. The van der Waals surface area contributed by atoms with Crippen LogP contribution in [0.15, 0.2) is 12.1 Å². The lowest BCUT2D eigenvalue weighted by Crippen LogP contribution is -2.34. The van der Waals surface area contributed by atoms with Crippen LogP contribution in [0.5, 0.6) is 0 Å². The van der Waals surface area contributed by atoms with Crippen molar-refractivity contribution in [3.63, 3.8) is 0 Å². The second kappa shape index (κ2) is 6.74. The summed E-state index contributed by atoms with van der Waals surface area (Å²) < 4.78 is 38.8. The van der Waals surface area contributed by atoms with Gasteiger partial charge in [-0.15, -0.1) is 0 Å². The number of carbonyl (C=O) groups excluding carboxylic acids is 1. The molecular formula is C14H18F3NO2. The molecule has 0 saturated heterocycles. The molecular weight excluding hydrogens is 271 g/mol. The summed E-state index contributed by atoms with van der Waals surface area (Å²) in [6.45, 7) is 4.14. The molecule has 0 aromatic heterocycles. The first-order chi connectivity index (χ1) is 9.26. The van der Waals surface area contributed by atoms with Crippen molar-refractivity contribution in [2.75, 3.05) is 13.2 Å². The van der Waals surface area contributed by atoms with Crippen LogP contribution >= 0.6 is 0 Å². The highest BCUT2D eigenvalue weighted by Gasteiger charge is 2.20. The molecule has 0 atom stereocenters. The van der Waals surface area contributed by atoms with Crippen molar-refractivity contribution in [1.29, 1.82) is 0 Å². The fourth-order valence-corrected chi connectivity index (χ4v) is 1.75. The number of aliphatic hydroxyl groups excluding tert-OH is 1. The van der Waals surface area contributed by atoms with Crippen molar-refractivity contribution < 1.29 is 23.1 Å². The van der Waals surface area contributed by atoms with Crippen LogP contribution < -0.4 is 5.32 Å². The van der Waals surface area contributed by atoms with Crippen molar-refractivity contribution in [2.45, 2.75) is 26.7 Å². The average molecular weight is 289 g/mol. The predicted octanol–water partition coefficient (Wildman–Crippen LogP) is 2.63. The summed E-state index contributed by atoms with van der Waals surface area (Å²) in [5, 5.41) is 11.3. The smallest absolute Gasteiger partial charge is 0.251 e. The number of nitrogens with one attached hydrogen (secondary N) is 1. The molecule has 1 aromatic rings. The lowest BCUT2D eigenvalue weighted by atomic mass is 9.88. The summed E-state index contributed by atoms with van der Waals surface area (Å²) >= 11 is 0. The number of amides is 1. The Hall–Kier alpha value is -1.56. The minimum absolute atomic E-state index is 0.0613. The number of carbonyl (C=O) groups is 1. The molecule has 1 rings (SSSR count). The summed E-state index contributed by atoms with van der Waals surface area (Å²) in [6.07, 6.45) is 1.29. The van der Waals surface area contributed by atoms with Gasteiger partial charge in [0.05, 0.1) is 0 Å². The zero-order valence-electron chi connectivity index (χ0n) is 11.5. The van der Waals surface area contributed by atoms with Crippen LogP contribution in [0.25, 0.3) is 0 Å². The lowest BCUT2D eigenvalue weighted by molar-refractivity contribution is 0.0931. The number of hydrogen-bond acceptors (Lipinski definition) is 2. The van der Waals surface area contributed by atoms with Gasteiger partial charge in [-0.1, -0.05) is 13.8 Å². The van der Waals surface area contributed by atoms with Gasteiger partial charge < -0.3 is 10.4 Å². The molecule has 0 aliphatic carbocycles. The quantitative estimate of drug-likeness (QED) is 0.791. The van der Waals surface area contributed by atoms with E-state index in [1.807, 2.05) is 13.8 Å². The van der Waals surface area contributed by atoms with Gasteiger partial charge in [-0.3, -0.25) is 4.79 Å². The maximum atomic E-state index is 13.0. The largest absolute Gasteiger partial charge is 0.396 e. The molecule has 0 aliphatic heterocycles. The van der Waals surface area contributed by atoms with E-state index < -0.39 is 23.4 Å². The topological polar surface area (TPSA) is 49.3 Å². The summed E-state index contributed by atoms with van der Waals surface area (Å²) in [6, 6.07) is 1.32. The molecule has 0 radical (unpaired) electrons. The third kappa shape index (κ3) is 4.52. The Morgan fingerprint density at radius 1 is 1.25 bits per heavy atom. The average Bonchev–Trinajstić information content (AvgIpc) is 2.39. The van der Waals surface area contributed by atoms with Crippen LogP contribution in [-0.2, 0) is 0 Å². The third-order valence-corrected chi connectivity index (χ3v) is 2.99. The number of rotatable bonds is 6. The van der Waals surface area contributed by atoms with Crippen LogP contribution in [0.4, 0.5) is 13.2 Å². The van der Waals surface area contributed by atoms with Gasteiger partial charge in [-0.25, -0.2) is 13.2 Å². The molecule has 2 N–H and O–H groups in total. The second-order valence-electron chi connectivity index (χ2n) is 5.43. The Kier molecular flexibility index (Phi) is 5.56. The van der Waals surface area contributed by atoms with Gasteiger partial charge in [0.15, 0.2) is 17.5 Å². The van der Waals surface area contributed by atoms with Crippen molar-refractivity contribution in [2.24, 2.45) is 5.41 Å². The van der Waals surface area contributed by atoms with Gasteiger partial charge in [-0.2, -0.15) is 0 Å². The zero-order valence-corrected chi connectivity index (χ0v) is 11.5. The summed E-state index contributed by atoms with van der Waals surface area (Å²) in [5.41, 5.74) is -0.519. The molecule has 0 aliphatic rings. The Labute approximate surface area is 115 Å². The molecule has 1 amide bonds. The number of benzene rings is 1. The van der Waals surface area contributed by atoms with E-state index in [2.05, 4.69) is 5.32 Å². The predicted molar refractivity (Wildman–Crippen MR) is 68.8 cm³/mol. The third-order valence-electron chi connectivity index (χ3n) is 2.99. The van der Waals surface area contributed by atoms with Gasteiger partial charge >= 0.3 is 0 Å².